The molecule has 0 aromatic heterocycles. The molecular weight excluding hydrogens is 239 g/mol. The van der Waals surface area contributed by atoms with Crippen LogP contribution in [0.25, 0.3) is 0 Å². The molecule has 0 saturated carbocycles. The van der Waals surface area contributed by atoms with Crippen LogP contribution in [0.5, 0.6) is 0 Å². The quantitative estimate of drug-likeness (QED) is 0.828. The molecule has 106 valence electrons. The lowest BCUT2D eigenvalue weighted by molar-refractivity contribution is 0.0413. The summed E-state index contributed by atoms with van der Waals surface area (Å²) in [6.45, 7) is 6.71. The number of benzene rings is 1. The van der Waals surface area contributed by atoms with Crippen molar-refractivity contribution in [3.05, 3.63) is 35.6 Å². The van der Waals surface area contributed by atoms with Gasteiger partial charge in [0.05, 0.1) is 0 Å². The molecule has 1 aliphatic rings. The summed E-state index contributed by atoms with van der Waals surface area (Å²) in [4.78, 5) is 4.82. The van der Waals surface area contributed by atoms with Crippen molar-refractivity contribution in [1.29, 1.82) is 0 Å². The number of nitrogens with zero attached hydrogens (tertiary/aromatic N) is 2. The first-order valence-corrected chi connectivity index (χ1v) is 7.13. The van der Waals surface area contributed by atoms with E-state index in [-0.39, 0.29) is 11.4 Å². The third kappa shape index (κ3) is 2.82. The highest BCUT2D eigenvalue weighted by Gasteiger charge is 2.38. The van der Waals surface area contributed by atoms with E-state index in [0.717, 1.165) is 25.9 Å². The Bertz CT molecular complexity index is 403. The highest BCUT2D eigenvalue weighted by Crippen LogP contribution is 2.37. The lowest BCUT2D eigenvalue weighted by Crippen LogP contribution is -2.51. The van der Waals surface area contributed by atoms with E-state index in [2.05, 4.69) is 37.7 Å². The number of hydrogen-bond acceptors (Lipinski definition) is 2. The highest BCUT2D eigenvalue weighted by molar-refractivity contribution is 5.26. The minimum absolute atomic E-state index is 0.0547. The van der Waals surface area contributed by atoms with E-state index in [1.54, 1.807) is 12.1 Å². The maximum Gasteiger partial charge on any atom is 0.123 e. The molecule has 2 rings (SSSR count). The second kappa shape index (κ2) is 5.59. The molecule has 0 radical (unpaired) electrons. The van der Waals surface area contributed by atoms with Crippen LogP contribution in [0.1, 0.15) is 32.3 Å². The number of hydrogen-bond donors (Lipinski definition) is 0. The average Bonchev–Trinajstić information content (AvgIpc) is 2.39. The molecule has 0 unspecified atom stereocenters. The molecule has 0 amide bonds. The van der Waals surface area contributed by atoms with Gasteiger partial charge in [-0.2, -0.15) is 0 Å². The van der Waals surface area contributed by atoms with Gasteiger partial charge < -0.3 is 4.90 Å². The fourth-order valence-electron chi connectivity index (χ4n) is 3.16. The van der Waals surface area contributed by atoms with Crippen LogP contribution in [0.15, 0.2) is 24.3 Å². The van der Waals surface area contributed by atoms with Crippen molar-refractivity contribution in [2.45, 2.75) is 38.3 Å². The topological polar surface area (TPSA) is 6.48 Å². The smallest absolute Gasteiger partial charge is 0.123 e. The van der Waals surface area contributed by atoms with Crippen molar-refractivity contribution in [2.75, 3.05) is 27.2 Å². The Morgan fingerprint density at radius 3 is 2.05 bits per heavy atom. The fraction of sp³-hybridized carbons (Fsp3) is 0.625. The zero-order valence-electron chi connectivity index (χ0n) is 12.5. The highest BCUT2D eigenvalue weighted by atomic mass is 19.1. The summed E-state index contributed by atoms with van der Waals surface area (Å²) < 4.78 is 13.1. The molecule has 1 aromatic carbocycles. The Hall–Kier alpha value is -0.930. The summed E-state index contributed by atoms with van der Waals surface area (Å²) in [7, 11) is 4.27. The van der Waals surface area contributed by atoms with E-state index in [1.807, 2.05) is 12.1 Å². The zero-order chi connectivity index (χ0) is 14.0. The van der Waals surface area contributed by atoms with Crippen molar-refractivity contribution in [3.63, 3.8) is 0 Å². The maximum absolute atomic E-state index is 13.1. The average molecular weight is 264 g/mol. The molecule has 1 aromatic rings. The molecule has 1 heterocycles. The second-order valence-electron chi connectivity index (χ2n) is 6.06. The van der Waals surface area contributed by atoms with E-state index in [1.165, 1.54) is 5.56 Å². The lowest BCUT2D eigenvalue weighted by atomic mass is 9.79. The molecule has 3 heteroatoms. The van der Waals surface area contributed by atoms with Gasteiger partial charge in [-0.25, -0.2) is 4.39 Å². The fourth-order valence-corrected chi connectivity index (χ4v) is 3.16. The summed E-state index contributed by atoms with van der Waals surface area (Å²) in [5.41, 5.74) is 1.29. The van der Waals surface area contributed by atoms with E-state index >= 15 is 0 Å². The summed E-state index contributed by atoms with van der Waals surface area (Å²) in [5, 5.41) is 0. The van der Waals surface area contributed by atoms with Crippen LogP contribution in [-0.4, -0.2) is 43.0 Å². The maximum atomic E-state index is 13.1. The van der Waals surface area contributed by atoms with Gasteiger partial charge in [0, 0.05) is 24.7 Å². The Kier molecular flexibility index (Phi) is 4.26. The summed E-state index contributed by atoms with van der Waals surface area (Å²) in [6.07, 6.45) is 2.20. The summed E-state index contributed by atoms with van der Waals surface area (Å²) in [6, 6.07) is 7.65. The van der Waals surface area contributed by atoms with Gasteiger partial charge in [0.15, 0.2) is 0 Å². The largest absolute Gasteiger partial charge is 0.301 e. The third-order valence-corrected chi connectivity index (χ3v) is 4.59. The first-order chi connectivity index (χ1) is 8.95. The van der Waals surface area contributed by atoms with Crippen molar-refractivity contribution in [1.82, 2.24) is 9.80 Å². The standard InChI is InChI=1S/C16H25FN2/c1-13(2)19-11-9-16(10-12-19,18(3)4)14-5-7-15(17)8-6-14/h5-8,13H,9-12H2,1-4H3. The summed E-state index contributed by atoms with van der Waals surface area (Å²) in [5.74, 6) is -0.155. The SMILES string of the molecule is CC(C)N1CCC(c2ccc(F)cc2)(N(C)C)CC1. The van der Waals surface area contributed by atoms with Crippen molar-refractivity contribution in [2.24, 2.45) is 0 Å². The number of halogens is 1. The molecule has 0 atom stereocenters. The van der Waals surface area contributed by atoms with Crippen molar-refractivity contribution < 1.29 is 4.39 Å². The van der Waals surface area contributed by atoms with E-state index in [0.29, 0.717) is 6.04 Å². The number of likely N-dealkylation sites (tertiary alicyclic amines) is 1. The van der Waals surface area contributed by atoms with Gasteiger partial charge in [-0.15, -0.1) is 0 Å². The normalized spacial score (nSPS) is 20.2. The van der Waals surface area contributed by atoms with Crippen molar-refractivity contribution in [3.8, 4) is 0 Å². The van der Waals surface area contributed by atoms with Crippen LogP contribution in [0.3, 0.4) is 0 Å². The van der Waals surface area contributed by atoms with E-state index < -0.39 is 0 Å². The van der Waals surface area contributed by atoms with Crippen LogP contribution in [0.2, 0.25) is 0 Å². The van der Waals surface area contributed by atoms with Gasteiger partial charge in [0.25, 0.3) is 0 Å². The first kappa shape index (κ1) is 14.5. The second-order valence-corrected chi connectivity index (χ2v) is 6.06. The molecule has 1 aliphatic heterocycles. The van der Waals surface area contributed by atoms with E-state index in [9.17, 15) is 4.39 Å². The van der Waals surface area contributed by atoms with Gasteiger partial charge >= 0.3 is 0 Å². The van der Waals surface area contributed by atoms with Crippen LogP contribution in [-0.2, 0) is 5.54 Å². The molecule has 2 nitrogen and oxygen atoms in total. The van der Waals surface area contributed by atoms with Crippen LogP contribution >= 0.6 is 0 Å². The summed E-state index contributed by atoms with van der Waals surface area (Å²) >= 11 is 0. The van der Waals surface area contributed by atoms with Gasteiger partial charge in [-0.05, 0) is 58.5 Å². The molecule has 0 aliphatic carbocycles. The minimum atomic E-state index is -0.155. The third-order valence-electron chi connectivity index (χ3n) is 4.59. The van der Waals surface area contributed by atoms with Crippen molar-refractivity contribution >= 4 is 0 Å². The molecular formula is C16H25FN2. The minimum Gasteiger partial charge on any atom is -0.301 e. The predicted molar refractivity (Wildman–Crippen MR) is 77.7 cm³/mol. The monoisotopic (exact) mass is 264 g/mol. The van der Waals surface area contributed by atoms with Gasteiger partial charge in [0.1, 0.15) is 5.82 Å². The Morgan fingerprint density at radius 1 is 1.11 bits per heavy atom. The van der Waals surface area contributed by atoms with Crippen LogP contribution in [0.4, 0.5) is 4.39 Å². The Labute approximate surface area is 116 Å². The molecule has 0 N–H and O–H groups in total. The Balaban J connectivity index is 2.23. The molecule has 0 bridgehead atoms. The van der Waals surface area contributed by atoms with Gasteiger partial charge in [0.2, 0.25) is 0 Å². The molecule has 1 fully saturated rings. The first-order valence-electron chi connectivity index (χ1n) is 7.13. The molecule has 0 spiro atoms. The lowest BCUT2D eigenvalue weighted by Gasteiger charge is -2.47. The number of rotatable bonds is 3. The van der Waals surface area contributed by atoms with E-state index in [4.69, 9.17) is 0 Å². The predicted octanol–water partition coefficient (Wildman–Crippen LogP) is 3.09. The molecule has 19 heavy (non-hydrogen) atoms. The number of piperidine rings is 1. The van der Waals surface area contributed by atoms with Crippen LogP contribution in [0, 0.1) is 5.82 Å². The Morgan fingerprint density at radius 2 is 1.63 bits per heavy atom. The zero-order valence-corrected chi connectivity index (χ0v) is 12.5. The molecule has 1 saturated heterocycles. The van der Waals surface area contributed by atoms with Gasteiger partial charge in [-0.3, -0.25) is 4.90 Å². The van der Waals surface area contributed by atoms with Gasteiger partial charge in [-0.1, -0.05) is 12.1 Å². The van der Waals surface area contributed by atoms with Crippen LogP contribution < -0.4 is 0 Å².